The molecule has 1 fully saturated rings. The monoisotopic (exact) mass is 267 g/mol. The van der Waals surface area contributed by atoms with E-state index in [2.05, 4.69) is 42.9 Å². The first-order chi connectivity index (χ1) is 8.99. The first-order valence-electron chi connectivity index (χ1n) is 7.03. The minimum absolute atomic E-state index is 0.162. The van der Waals surface area contributed by atoms with Crippen LogP contribution in [0.2, 0.25) is 0 Å². The smallest absolute Gasteiger partial charge is 0.169 e. The Labute approximate surface area is 114 Å². The Morgan fingerprint density at radius 3 is 2.74 bits per heavy atom. The van der Waals surface area contributed by atoms with E-state index in [4.69, 9.17) is 10.5 Å². The zero-order chi connectivity index (χ0) is 14.0. The number of morpholine rings is 1. The molecule has 0 amide bonds. The number of nitrogens with zero attached hydrogens (tertiary/aromatic N) is 4. The molecule has 2 N–H and O–H groups in total. The van der Waals surface area contributed by atoms with E-state index < -0.39 is 0 Å². The molecule has 6 heteroatoms. The predicted octanol–water partition coefficient (Wildman–Crippen LogP) is 1.09. The van der Waals surface area contributed by atoms with Crippen LogP contribution in [0.4, 0.5) is 5.82 Å². The maximum absolute atomic E-state index is 5.88. The Kier molecular flexibility index (Phi) is 4.42. The molecule has 1 aromatic rings. The molecule has 0 aliphatic carbocycles. The molecule has 6 nitrogen and oxygen atoms in total. The number of nitrogen functional groups attached to an aromatic ring is 1. The van der Waals surface area contributed by atoms with Crippen molar-refractivity contribution in [3.8, 4) is 0 Å². The van der Waals surface area contributed by atoms with Gasteiger partial charge in [-0.15, -0.1) is 5.10 Å². The van der Waals surface area contributed by atoms with Gasteiger partial charge in [0.2, 0.25) is 0 Å². The molecule has 1 saturated heterocycles. The molecular formula is C13H25N5O. The highest BCUT2D eigenvalue weighted by atomic mass is 16.5. The second kappa shape index (κ2) is 5.88. The van der Waals surface area contributed by atoms with Crippen LogP contribution in [0.5, 0.6) is 0 Å². The normalized spacial score (nSPS) is 21.5. The molecular weight excluding hydrogens is 242 g/mol. The summed E-state index contributed by atoms with van der Waals surface area (Å²) in [4.78, 5) is 2.43. The van der Waals surface area contributed by atoms with Gasteiger partial charge in [-0.1, -0.05) is 19.1 Å². The third kappa shape index (κ3) is 3.25. The zero-order valence-electron chi connectivity index (χ0n) is 12.3. The van der Waals surface area contributed by atoms with Crippen LogP contribution >= 0.6 is 0 Å². The molecule has 19 heavy (non-hydrogen) atoms. The number of hydrogen-bond donors (Lipinski definition) is 1. The summed E-state index contributed by atoms with van der Waals surface area (Å²) in [6.07, 6.45) is 0.162. The third-order valence-electron chi connectivity index (χ3n) is 3.62. The summed E-state index contributed by atoms with van der Waals surface area (Å²) in [6, 6.07) is 0.553. The Morgan fingerprint density at radius 1 is 1.37 bits per heavy atom. The average Bonchev–Trinajstić information content (AvgIpc) is 2.70. The Hall–Kier alpha value is -1.14. The summed E-state index contributed by atoms with van der Waals surface area (Å²) < 4.78 is 7.73. The first kappa shape index (κ1) is 14.3. The first-order valence-corrected chi connectivity index (χ1v) is 7.03. The predicted molar refractivity (Wildman–Crippen MR) is 75.0 cm³/mol. The summed E-state index contributed by atoms with van der Waals surface area (Å²) in [7, 11) is 0. The van der Waals surface area contributed by atoms with Crippen molar-refractivity contribution in [3.05, 3.63) is 5.69 Å². The van der Waals surface area contributed by atoms with Crippen molar-refractivity contribution in [1.82, 2.24) is 19.9 Å². The molecule has 1 atom stereocenters. The molecule has 0 radical (unpaired) electrons. The summed E-state index contributed by atoms with van der Waals surface area (Å²) in [5.41, 5.74) is 6.88. The van der Waals surface area contributed by atoms with Crippen LogP contribution in [0.3, 0.4) is 0 Å². The fourth-order valence-electron chi connectivity index (χ4n) is 2.58. The Bertz CT molecular complexity index is 415. The fraction of sp³-hybridized carbons (Fsp3) is 0.846. The van der Waals surface area contributed by atoms with E-state index in [1.165, 1.54) is 0 Å². The third-order valence-corrected chi connectivity index (χ3v) is 3.62. The largest absolute Gasteiger partial charge is 0.381 e. The standard InChI is InChI=1S/C13H25N5O/c1-9(2)12-13(14)15-16-18(12)8-11-7-17(10(3)4)5-6-19-11/h9-11H,5-8,14H2,1-4H3. The van der Waals surface area contributed by atoms with Crippen LogP contribution in [0.25, 0.3) is 0 Å². The van der Waals surface area contributed by atoms with E-state index in [0.717, 1.165) is 31.9 Å². The number of anilines is 1. The van der Waals surface area contributed by atoms with Crippen molar-refractivity contribution < 1.29 is 4.74 Å². The number of nitrogens with two attached hydrogens (primary N) is 1. The summed E-state index contributed by atoms with van der Waals surface area (Å²) in [5.74, 6) is 0.853. The van der Waals surface area contributed by atoms with Crippen molar-refractivity contribution in [2.45, 2.75) is 52.3 Å². The van der Waals surface area contributed by atoms with E-state index >= 15 is 0 Å². The van der Waals surface area contributed by atoms with Gasteiger partial charge in [-0.3, -0.25) is 4.90 Å². The number of hydrogen-bond acceptors (Lipinski definition) is 5. The van der Waals surface area contributed by atoms with Crippen molar-refractivity contribution in [3.63, 3.8) is 0 Å². The van der Waals surface area contributed by atoms with Gasteiger partial charge in [0.25, 0.3) is 0 Å². The van der Waals surface area contributed by atoms with Crippen LogP contribution in [0.1, 0.15) is 39.3 Å². The second-order valence-corrected chi connectivity index (χ2v) is 5.78. The molecule has 2 rings (SSSR count). The Morgan fingerprint density at radius 2 is 2.11 bits per heavy atom. The lowest BCUT2D eigenvalue weighted by atomic mass is 10.1. The van der Waals surface area contributed by atoms with Gasteiger partial charge in [0, 0.05) is 19.1 Å². The number of aromatic nitrogens is 3. The van der Waals surface area contributed by atoms with E-state index in [0.29, 0.717) is 17.8 Å². The van der Waals surface area contributed by atoms with Crippen LogP contribution in [-0.4, -0.2) is 51.7 Å². The van der Waals surface area contributed by atoms with Gasteiger partial charge in [-0.25, -0.2) is 4.68 Å². The van der Waals surface area contributed by atoms with Crippen molar-refractivity contribution >= 4 is 5.82 Å². The maximum atomic E-state index is 5.88. The van der Waals surface area contributed by atoms with E-state index in [1.807, 2.05) is 4.68 Å². The molecule has 0 spiro atoms. The van der Waals surface area contributed by atoms with Gasteiger partial charge in [-0.05, 0) is 19.8 Å². The second-order valence-electron chi connectivity index (χ2n) is 5.78. The lowest BCUT2D eigenvalue weighted by molar-refractivity contribution is -0.0475. The summed E-state index contributed by atoms with van der Waals surface area (Å²) in [6.45, 7) is 12.1. The summed E-state index contributed by atoms with van der Waals surface area (Å²) in [5, 5.41) is 8.12. The van der Waals surface area contributed by atoms with Gasteiger partial charge < -0.3 is 10.5 Å². The maximum Gasteiger partial charge on any atom is 0.169 e. The molecule has 1 aliphatic heterocycles. The van der Waals surface area contributed by atoms with Crippen molar-refractivity contribution in [2.24, 2.45) is 0 Å². The molecule has 108 valence electrons. The molecule has 0 saturated carbocycles. The fourth-order valence-corrected chi connectivity index (χ4v) is 2.58. The van der Waals surface area contributed by atoms with Crippen LogP contribution in [0, 0.1) is 0 Å². The highest BCUT2D eigenvalue weighted by molar-refractivity contribution is 5.35. The lowest BCUT2D eigenvalue weighted by Gasteiger charge is -2.35. The van der Waals surface area contributed by atoms with Crippen LogP contribution < -0.4 is 5.73 Å². The topological polar surface area (TPSA) is 69.2 Å². The molecule has 1 aromatic heterocycles. The van der Waals surface area contributed by atoms with Gasteiger partial charge in [0.05, 0.1) is 24.9 Å². The number of ether oxygens (including phenoxy) is 1. The van der Waals surface area contributed by atoms with Crippen molar-refractivity contribution in [2.75, 3.05) is 25.4 Å². The van der Waals surface area contributed by atoms with Crippen LogP contribution in [0.15, 0.2) is 0 Å². The minimum Gasteiger partial charge on any atom is -0.381 e. The molecule has 1 unspecified atom stereocenters. The van der Waals surface area contributed by atoms with Gasteiger partial charge in [0.15, 0.2) is 5.82 Å². The summed E-state index contributed by atoms with van der Waals surface area (Å²) >= 11 is 0. The SMILES string of the molecule is CC(C)c1c(N)nnn1CC1CN(C(C)C)CCO1. The van der Waals surface area contributed by atoms with E-state index in [-0.39, 0.29) is 6.10 Å². The highest BCUT2D eigenvalue weighted by Crippen LogP contribution is 2.20. The van der Waals surface area contributed by atoms with E-state index in [9.17, 15) is 0 Å². The Balaban J connectivity index is 2.05. The minimum atomic E-state index is 0.162. The molecule has 0 aromatic carbocycles. The quantitative estimate of drug-likeness (QED) is 0.884. The molecule has 2 heterocycles. The van der Waals surface area contributed by atoms with Gasteiger partial charge >= 0.3 is 0 Å². The zero-order valence-corrected chi connectivity index (χ0v) is 12.3. The number of rotatable bonds is 4. The molecule has 1 aliphatic rings. The van der Waals surface area contributed by atoms with Gasteiger partial charge in [0.1, 0.15) is 0 Å². The molecule has 0 bridgehead atoms. The van der Waals surface area contributed by atoms with Crippen molar-refractivity contribution in [1.29, 1.82) is 0 Å². The highest BCUT2D eigenvalue weighted by Gasteiger charge is 2.24. The van der Waals surface area contributed by atoms with E-state index in [1.54, 1.807) is 0 Å². The lowest BCUT2D eigenvalue weighted by Crippen LogP contribution is -2.47. The van der Waals surface area contributed by atoms with Gasteiger partial charge in [-0.2, -0.15) is 0 Å². The van der Waals surface area contributed by atoms with Crippen LogP contribution in [-0.2, 0) is 11.3 Å². The average molecular weight is 267 g/mol.